The molecule has 4 aromatic rings. The highest BCUT2D eigenvalue weighted by Crippen LogP contribution is 2.30. The van der Waals surface area contributed by atoms with Gasteiger partial charge in [0, 0.05) is 5.75 Å². The molecule has 3 aromatic carbocycles. The minimum atomic E-state index is -3.80. The van der Waals surface area contributed by atoms with Crippen LogP contribution in [-0.4, -0.2) is 20.5 Å². The second kappa shape index (κ2) is 8.18. The predicted octanol–water partition coefficient (Wildman–Crippen LogP) is 4.93. The van der Waals surface area contributed by atoms with Gasteiger partial charge >= 0.3 is 0 Å². The number of rotatable bonds is 7. The number of oxazole rings is 1. The molecule has 0 aliphatic rings. The van der Waals surface area contributed by atoms with Gasteiger partial charge in [0.1, 0.15) is 11.3 Å². The largest absolute Gasteiger partial charge is 0.495 e. The van der Waals surface area contributed by atoms with Gasteiger partial charge in [-0.2, -0.15) is 0 Å². The van der Waals surface area contributed by atoms with Gasteiger partial charge in [-0.05, 0) is 35.9 Å². The number of thioether (sulfide) groups is 1. The second-order valence-corrected chi connectivity index (χ2v) is 8.80. The van der Waals surface area contributed by atoms with Crippen LogP contribution >= 0.6 is 11.8 Å². The van der Waals surface area contributed by atoms with Crippen molar-refractivity contribution in [3.8, 4) is 5.75 Å². The smallest absolute Gasteiger partial charge is 0.262 e. The van der Waals surface area contributed by atoms with Gasteiger partial charge in [-0.3, -0.25) is 4.72 Å². The van der Waals surface area contributed by atoms with Crippen LogP contribution in [0.1, 0.15) is 5.56 Å². The molecule has 1 N–H and O–H groups in total. The van der Waals surface area contributed by atoms with E-state index < -0.39 is 10.0 Å². The van der Waals surface area contributed by atoms with Crippen molar-refractivity contribution in [2.75, 3.05) is 11.8 Å². The Balaban J connectivity index is 1.56. The van der Waals surface area contributed by atoms with Crippen molar-refractivity contribution in [3.63, 3.8) is 0 Å². The Labute approximate surface area is 173 Å². The number of hydrogen-bond donors (Lipinski definition) is 1. The molecule has 8 heteroatoms. The molecule has 1 aromatic heterocycles. The van der Waals surface area contributed by atoms with E-state index in [0.717, 1.165) is 5.56 Å². The van der Waals surface area contributed by atoms with Crippen molar-refractivity contribution in [1.29, 1.82) is 0 Å². The summed E-state index contributed by atoms with van der Waals surface area (Å²) >= 11 is 1.46. The number of nitrogens with one attached hydrogen (secondary N) is 1. The Morgan fingerprint density at radius 3 is 2.59 bits per heavy atom. The fraction of sp³-hybridized carbons (Fsp3) is 0.0952. The van der Waals surface area contributed by atoms with Crippen molar-refractivity contribution in [2.45, 2.75) is 15.9 Å². The molecule has 4 rings (SSSR count). The third-order valence-electron chi connectivity index (χ3n) is 4.21. The van der Waals surface area contributed by atoms with E-state index in [2.05, 4.69) is 9.71 Å². The van der Waals surface area contributed by atoms with Crippen LogP contribution in [0.2, 0.25) is 0 Å². The number of ether oxygens (including phenoxy) is 1. The van der Waals surface area contributed by atoms with Gasteiger partial charge in [-0.1, -0.05) is 54.2 Å². The summed E-state index contributed by atoms with van der Waals surface area (Å²) < 4.78 is 39.1. The van der Waals surface area contributed by atoms with E-state index in [0.29, 0.717) is 33.5 Å². The highest BCUT2D eigenvalue weighted by Gasteiger charge is 2.18. The van der Waals surface area contributed by atoms with E-state index in [9.17, 15) is 8.42 Å². The summed E-state index contributed by atoms with van der Waals surface area (Å²) in [6, 6.07) is 21.4. The maximum absolute atomic E-state index is 12.8. The molecule has 0 radical (unpaired) electrons. The standard InChI is InChI=1S/C21H18N2O4S2/c1-26-19-10-6-5-9-17(19)23-29(24,25)16-11-12-20-18(13-16)22-21(27-20)28-14-15-7-3-2-4-8-15/h2-13,23H,14H2,1H3. The average Bonchev–Trinajstić information content (AvgIpc) is 3.15. The van der Waals surface area contributed by atoms with Crippen molar-refractivity contribution < 1.29 is 17.6 Å². The third kappa shape index (κ3) is 4.38. The maximum atomic E-state index is 12.8. The number of aromatic nitrogens is 1. The number of para-hydroxylation sites is 2. The molecular formula is C21H18N2O4S2. The summed E-state index contributed by atoms with van der Waals surface area (Å²) in [6.45, 7) is 0. The van der Waals surface area contributed by atoms with Crippen molar-refractivity contribution in [1.82, 2.24) is 4.98 Å². The Morgan fingerprint density at radius 2 is 1.79 bits per heavy atom. The van der Waals surface area contributed by atoms with E-state index in [1.807, 2.05) is 30.3 Å². The van der Waals surface area contributed by atoms with E-state index in [1.165, 1.54) is 31.0 Å². The number of fused-ring (bicyclic) bond motifs is 1. The molecule has 0 bridgehead atoms. The molecule has 0 spiro atoms. The molecule has 0 aliphatic heterocycles. The molecule has 148 valence electrons. The van der Waals surface area contributed by atoms with Crippen molar-refractivity contribution in [2.24, 2.45) is 0 Å². The Hall–Kier alpha value is -2.97. The topological polar surface area (TPSA) is 81.4 Å². The lowest BCUT2D eigenvalue weighted by molar-refractivity contribution is 0.417. The number of benzene rings is 3. The zero-order valence-corrected chi connectivity index (χ0v) is 17.2. The van der Waals surface area contributed by atoms with Gasteiger partial charge in [0.05, 0.1) is 17.7 Å². The van der Waals surface area contributed by atoms with Gasteiger partial charge < -0.3 is 9.15 Å². The quantitative estimate of drug-likeness (QED) is 0.422. The van der Waals surface area contributed by atoms with E-state index in [4.69, 9.17) is 9.15 Å². The van der Waals surface area contributed by atoms with Gasteiger partial charge in [0.2, 0.25) is 0 Å². The predicted molar refractivity (Wildman–Crippen MR) is 114 cm³/mol. The van der Waals surface area contributed by atoms with Crippen LogP contribution in [0.4, 0.5) is 5.69 Å². The van der Waals surface area contributed by atoms with Crippen LogP contribution in [-0.2, 0) is 15.8 Å². The molecule has 0 unspecified atom stereocenters. The monoisotopic (exact) mass is 426 g/mol. The molecule has 0 amide bonds. The molecule has 0 aliphatic carbocycles. The average molecular weight is 427 g/mol. The molecule has 29 heavy (non-hydrogen) atoms. The molecule has 0 saturated heterocycles. The highest BCUT2D eigenvalue weighted by atomic mass is 32.2. The summed E-state index contributed by atoms with van der Waals surface area (Å²) in [4.78, 5) is 4.52. The summed E-state index contributed by atoms with van der Waals surface area (Å²) in [5, 5.41) is 0.496. The summed E-state index contributed by atoms with van der Waals surface area (Å²) in [5.74, 6) is 1.16. The highest BCUT2D eigenvalue weighted by molar-refractivity contribution is 7.98. The zero-order valence-electron chi connectivity index (χ0n) is 15.5. The van der Waals surface area contributed by atoms with E-state index >= 15 is 0 Å². The first-order valence-corrected chi connectivity index (χ1v) is 11.3. The molecule has 6 nitrogen and oxygen atoms in total. The summed E-state index contributed by atoms with van der Waals surface area (Å²) in [6.07, 6.45) is 0. The van der Waals surface area contributed by atoms with Crippen LogP contribution in [0, 0.1) is 0 Å². The van der Waals surface area contributed by atoms with Gasteiger partial charge in [0.25, 0.3) is 15.2 Å². The van der Waals surface area contributed by atoms with Crippen LogP contribution in [0.15, 0.2) is 87.3 Å². The SMILES string of the molecule is COc1ccccc1NS(=O)(=O)c1ccc2oc(SCc3ccccc3)nc2c1. The fourth-order valence-electron chi connectivity index (χ4n) is 2.77. The Kier molecular flexibility index (Phi) is 5.46. The Bertz CT molecular complexity index is 1240. The van der Waals surface area contributed by atoms with Gasteiger partial charge in [-0.15, -0.1) is 0 Å². The first-order chi connectivity index (χ1) is 14.0. The zero-order chi connectivity index (χ0) is 20.3. The third-order valence-corrected chi connectivity index (χ3v) is 6.47. The van der Waals surface area contributed by atoms with E-state index in [-0.39, 0.29) is 4.90 Å². The second-order valence-electron chi connectivity index (χ2n) is 6.19. The lowest BCUT2D eigenvalue weighted by Crippen LogP contribution is -2.13. The molecule has 1 heterocycles. The number of nitrogens with zero attached hydrogens (tertiary/aromatic N) is 1. The molecule has 0 atom stereocenters. The fourth-order valence-corrected chi connectivity index (χ4v) is 4.65. The van der Waals surface area contributed by atoms with Gasteiger partial charge in [0.15, 0.2) is 5.58 Å². The van der Waals surface area contributed by atoms with E-state index in [1.54, 1.807) is 30.3 Å². The van der Waals surface area contributed by atoms with Gasteiger partial charge in [-0.25, -0.2) is 13.4 Å². The molecular weight excluding hydrogens is 408 g/mol. The summed E-state index contributed by atoms with van der Waals surface area (Å²) in [5.41, 5.74) is 2.55. The van der Waals surface area contributed by atoms with Crippen LogP contribution in [0.3, 0.4) is 0 Å². The van der Waals surface area contributed by atoms with Crippen molar-refractivity contribution >= 4 is 38.6 Å². The molecule has 0 fully saturated rings. The number of hydrogen-bond acceptors (Lipinski definition) is 6. The first kappa shape index (κ1) is 19.4. The number of sulfonamides is 1. The first-order valence-electron chi connectivity index (χ1n) is 8.78. The lowest BCUT2D eigenvalue weighted by atomic mass is 10.2. The summed E-state index contributed by atoms with van der Waals surface area (Å²) in [7, 11) is -2.31. The number of methoxy groups -OCH3 is 1. The van der Waals surface area contributed by atoms with Crippen molar-refractivity contribution in [3.05, 3.63) is 78.4 Å². The molecule has 0 saturated carbocycles. The maximum Gasteiger partial charge on any atom is 0.262 e. The Morgan fingerprint density at radius 1 is 1.03 bits per heavy atom. The number of anilines is 1. The minimum Gasteiger partial charge on any atom is -0.495 e. The minimum absolute atomic E-state index is 0.101. The van der Waals surface area contributed by atoms with Crippen LogP contribution in [0.5, 0.6) is 5.75 Å². The normalized spacial score (nSPS) is 11.5. The lowest BCUT2D eigenvalue weighted by Gasteiger charge is -2.11. The van der Waals surface area contributed by atoms with Crippen LogP contribution in [0.25, 0.3) is 11.1 Å². The van der Waals surface area contributed by atoms with Crippen LogP contribution < -0.4 is 9.46 Å².